The fraction of sp³-hybridized carbons (Fsp3) is 0.933. The Hall–Kier alpha value is -0.220. The smallest absolute Gasteiger partial charge is 0.233 e. The van der Waals surface area contributed by atoms with E-state index in [4.69, 9.17) is 0 Å². The second-order valence-electron chi connectivity index (χ2n) is 6.24. The minimum atomic E-state index is 0.186. The molecule has 2 saturated heterocycles. The molecule has 3 nitrogen and oxygen atoms in total. The van der Waals surface area contributed by atoms with Crippen LogP contribution >= 0.6 is 11.8 Å². The monoisotopic (exact) mass is 282 g/mol. The number of thioether (sulfide) groups is 1. The first-order valence-corrected chi connectivity index (χ1v) is 8.96. The number of likely N-dealkylation sites (tertiary alicyclic amines) is 1. The summed E-state index contributed by atoms with van der Waals surface area (Å²) >= 11 is 1.93. The third-order valence-corrected chi connectivity index (χ3v) is 6.54. The van der Waals surface area contributed by atoms with Crippen LogP contribution in [0.5, 0.6) is 0 Å². The standard InChI is InChI=1S/C15H26N2OS/c18-14-13-19-15(7-3-1-4-8-15)17(14)12-11-16-9-5-2-6-10-16/h1-13H2. The van der Waals surface area contributed by atoms with Crippen molar-refractivity contribution in [3.8, 4) is 0 Å². The van der Waals surface area contributed by atoms with Gasteiger partial charge in [0.1, 0.15) is 0 Å². The zero-order valence-corrected chi connectivity index (χ0v) is 12.7. The highest BCUT2D eigenvalue weighted by molar-refractivity contribution is 8.01. The van der Waals surface area contributed by atoms with Gasteiger partial charge >= 0.3 is 0 Å². The van der Waals surface area contributed by atoms with Gasteiger partial charge in [0.15, 0.2) is 0 Å². The van der Waals surface area contributed by atoms with Crippen LogP contribution in [-0.2, 0) is 4.79 Å². The van der Waals surface area contributed by atoms with Crippen molar-refractivity contribution in [3.05, 3.63) is 0 Å². The highest BCUT2D eigenvalue weighted by Crippen LogP contribution is 2.46. The van der Waals surface area contributed by atoms with Crippen LogP contribution in [-0.4, -0.2) is 52.5 Å². The summed E-state index contributed by atoms with van der Waals surface area (Å²) in [5.41, 5.74) is 0. The summed E-state index contributed by atoms with van der Waals surface area (Å²) < 4.78 is 0. The molecule has 1 aliphatic carbocycles. The summed E-state index contributed by atoms with van der Waals surface area (Å²) in [6.45, 7) is 4.53. The lowest BCUT2D eigenvalue weighted by Crippen LogP contribution is -2.49. The Morgan fingerprint density at radius 1 is 0.947 bits per heavy atom. The number of hydrogen-bond donors (Lipinski definition) is 0. The van der Waals surface area contributed by atoms with Crippen molar-refractivity contribution in [3.63, 3.8) is 0 Å². The molecule has 2 heterocycles. The predicted octanol–water partition coefficient (Wildman–Crippen LogP) is 2.71. The minimum absolute atomic E-state index is 0.186. The van der Waals surface area contributed by atoms with Gasteiger partial charge in [0.25, 0.3) is 0 Å². The Morgan fingerprint density at radius 2 is 1.63 bits per heavy atom. The van der Waals surface area contributed by atoms with Crippen LogP contribution < -0.4 is 0 Å². The van der Waals surface area contributed by atoms with Gasteiger partial charge in [0, 0.05) is 13.1 Å². The molecule has 19 heavy (non-hydrogen) atoms. The van der Waals surface area contributed by atoms with Gasteiger partial charge < -0.3 is 9.80 Å². The molecule has 0 atom stereocenters. The molecular formula is C15H26N2OS. The fourth-order valence-electron chi connectivity index (χ4n) is 3.85. The Kier molecular flexibility index (Phi) is 4.37. The third kappa shape index (κ3) is 2.94. The molecule has 0 bridgehead atoms. The molecule has 0 radical (unpaired) electrons. The van der Waals surface area contributed by atoms with E-state index in [0.717, 1.165) is 18.8 Å². The van der Waals surface area contributed by atoms with E-state index < -0.39 is 0 Å². The minimum Gasteiger partial charge on any atom is -0.326 e. The molecule has 0 aromatic heterocycles. The second kappa shape index (κ2) is 6.04. The molecule has 0 aromatic carbocycles. The SMILES string of the molecule is O=C1CSC2(CCCCC2)N1CCN1CCCCC1. The Labute approximate surface area is 121 Å². The quantitative estimate of drug-likeness (QED) is 0.795. The van der Waals surface area contributed by atoms with Crippen LogP contribution in [0.3, 0.4) is 0 Å². The van der Waals surface area contributed by atoms with Gasteiger partial charge in [-0.25, -0.2) is 0 Å². The van der Waals surface area contributed by atoms with Gasteiger partial charge in [-0.05, 0) is 38.8 Å². The lowest BCUT2D eigenvalue weighted by molar-refractivity contribution is -0.131. The highest BCUT2D eigenvalue weighted by atomic mass is 32.2. The number of hydrogen-bond acceptors (Lipinski definition) is 3. The molecule has 1 spiro atoms. The molecule has 2 aliphatic heterocycles. The van der Waals surface area contributed by atoms with Gasteiger partial charge in [-0.15, -0.1) is 11.8 Å². The Morgan fingerprint density at radius 3 is 2.37 bits per heavy atom. The zero-order valence-electron chi connectivity index (χ0n) is 11.9. The van der Waals surface area contributed by atoms with E-state index in [1.807, 2.05) is 11.8 Å². The maximum atomic E-state index is 12.2. The molecule has 4 heteroatoms. The first kappa shape index (κ1) is 13.7. The van der Waals surface area contributed by atoms with E-state index in [1.165, 1.54) is 64.5 Å². The molecule has 3 rings (SSSR count). The van der Waals surface area contributed by atoms with Crippen molar-refractivity contribution in [2.24, 2.45) is 0 Å². The van der Waals surface area contributed by atoms with Crippen molar-refractivity contribution in [2.45, 2.75) is 56.2 Å². The summed E-state index contributed by atoms with van der Waals surface area (Å²) in [5.74, 6) is 1.11. The van der Waals surface area contributed by atoms with Crippen molar-refractivity contribution < 1.29 is 4.79 Å². The zero-order chi connectivity index (χ0) is 13.1. The van der Waals surface area contributed by atoms with Crippen molar-refractivity contribution in [1.29, 1.82) is 0 Å². The summed E-state index contributed by atoms with van der Waals surface area (Å²) in [6.07, 6.45) is 10.5. The van der Waals surface area contributed by atoms with E-state index >= 15 is 0 Å². The van der Waals surface area contributed by atoms with Crippen LogP contribution in [0.15, 0.2) is 0 Å². The normalized spacial score (nSPS) is 28.2. The lowest BCUT2D eigenvalue weighted by atomic mass is 9.93. The predicted molar refractivity (Wildman–Crippen MR) is 80.3 cm³/mol. The number of nitrogens with zero attached hydrogens (tertiary/aromatic N) is 2. The number of piperidine rings is 1. The van der Waals surface area contributed by atoms with Gasteiger partial charge in [0.2, 0.25) is 5.91 Å². The number of carbonyl (C=O) groups excluding carboxylic acids is 1. The maximum absolute atomic E-state index is 12.2. The molecule has 1 amide bonds. The van der Waals surface area contributed by atoms with E-state index in [1.54, 1.807) is 0 Å². The van der Waals surface area contributed by atoms with Gasteiger partial charge in [-0.3, -0.25) is 4.79 Å². The third-order valence-electron chi connectivity index (χ3n) is 4.98. The first-order chi connectivity index (χ1) is 9.30. The van der Waals surface area contributed by atoms with E-state index in [-0.39, 0.29) is 4.87 Å². The molecule has 108 valence electrons. The van der Waals surface area contributed by atoms with E-state index in [9.17, 15) is 4.79 Å². The van der Waals surface area contributed by atoms with Crippen molar-refractivity contribution >= 4 is 17.7 Å². The van der Waals surface area contributed by atoms with Crippen molar-refractivity contribution in [2.75, 3.05) is 31.9 Å². The number of carbonyl (C=O) groups is 1. The molecule has 0 unspecified atom stereocenters. The largest absolute Gasteiger partial charge is 0.326 e. The summed E-state index contributed by atoms with van der Waals surface area (Å²) in [7, 11) is 0. The topological polar surface area (TPSA) is 23.6 Å². The Bertz CT molecular complexity index is 322. The summed E-state index contributed by atoms with van der Waals surface area (Å²) in [6, 6.07) is 0. The molecule has 0 N–H and O–H groups in total. The van der Waals surface area contributed by atoms with Crippen LogP contribution in [0.25, 0.3) is 0 Å². The van der Waals surface area contributed by atoms with E-state index in [0.29, 0.717) is 5.91 Å². The van der Waals surface area contributed by atoms with Gasteiger partial charge in [0.05, 0.1) is 10.6 Å². The lowest BCUT2D eigenvalue weighted by Gasteiger charge is -2.41. The van der Waals surface area contributed by atoms with Crippen LogP contribution in [0.1, 0.15) is 51.4 Å². The Balaban J connectivity index is 1.58. The molecule has 0 aromatic rings. The summed E-state index contributed by atoms with van der Waals surface area (Å²) in [4.78, 5) is 17.2. The van der Waals surface area contributed by atoms with Crippen LogP contribution in [0.4, 0.5) is 0 Å². The highest BCUT2D eigenvalue weighted by Gasteiger charge is 2.46. The van der Waals surface area contributed by atoms with Crippen LogP contribution in [0, 0.1) is 0 Å². The first-order valence-electron chi connectivity index (χ1n) is 7.97. The molecule has 3 aliphatic rings. The molecule has 3 fully saturated rings. The summed E-state index contributed by atoms with van der Waals surface area (Å²) in [5, 5.41) is 0. The average Bonchev–Trinajstić information content (AvgIpc) is 2.75. The average molecular weight is 282 g/mol. The van der Waals surface area contributed by atoms with Gasteiger partial charge in [-0.2, -0.15) is 0 Å². The number of rotatable bonds is 3. The van der Waals surface area contributed by atoms with E-state index in [2.05, 4.69) is 9.80 Å². The maximum Gasteiger partial charge on any atom is 0.233 e. The van der Waals surface area contributed by atoms with Crippen molar-refractivity contribution in [1.82, 2.24) is 9.80 Å². The molecule has 1 saturated carbocycles. The number of amides is 1. The second-order valence-corrected chi connectivity index (χ2v) is 7.58. The van der Waals surface area contributed by atoms with Crippen LogP contribution in [0.2, 0.25) is 0 Å². The fourth-order valence-corrected chi connectivity index (χ4v) is 5.32. The molecular weight excluding hydrogens is 256 g/mol. The van der Waals surface area contributed by atoms with Gasteiger partial charge in [-0.1, -0.05) is 25.7 Å².